The number of carbonyl (C=O) groups is 2. The van der Waals surface area contributed by atoms with Crippen LogP contribution in [-0.4, -0.2) is 26.2 Å². The van der Waals surface area contributed by atoms with Crippen molar-refractivity contribution in [3.05, 3.63) is 59.2 Å². The lowest BCUT2D eigenvalue weighted by Crippen LogP contribution is -2.12. The van der Waals surface area contributed by atoms with Crippen molar-refractivity contribution in [2.24, 2.45) is 0 Å². The molecule has 5 nitrogen and oxygen atoms in total. The smallest absolute Gasteiger partial charge is 0.340 e. The molecular weight excluding hydrogens is 282 g/mol. The van der Waals surface area contributed by atoms with Crippen molar-refractivity contribution in [2.45, 2.75) is 6.92 Å². The summed E-state index contributed by atoms with van der Waals surface area (Å²) in [6, 6.07) is 12.4. The van der Waals surface area contributed by atoms with Gasteiger partial charge in [0, 0.05) is 5.69 Å². The van der Waals surface area contributed by atoms with Crippen LogP contribution in [0.2, 0.25) is 0 Å². The molecule has 0 bridgehead atoms. The predicted octanol–water partition coefficient (Wildman–Crippen LogP) is 3.31. The number of esters is 2. The van der Waals surface area contributed by atoms with Crippen LogP contribution in [0.1, 0.15) is 26.3 Å². The van der Waals surface area contributed by atoms with E-state index in [1.54, 1.807) is 18.2 Å². The lowest BCUT2D eigenvalue weighted by Gasteiger charge is -2.14. The Morgan fingerprint density at radius 3 is 1.82 bits per heavy atom. The number of hydrogen-bond acceptors (Lipinski definition) is 5. The minimum absolute atomic E-state index is 0.269. The van der Waals surface area contributed by atoms with E-state index >= 15 is 0 Å². The molecule has 114 valence electrons. The van der Waals surface area contributed by atoms with Crippen LogP contribution < -0.4 is 5.32 Å². The van der Waals surface area contributed by atoms with Crippen molar-refractivity contribution in [2.75, 3.05) is 19.5 Å². The second kappa shape index (κ2) is 6.76. The van der Waals surface area contributed by atoms with Crippen molar-refractivity contribution in [1.29, 1.82) is 0 Å². The highest BCUT2D eigenvalue weighted by molar-refractivity contribution is 6.05. The van der Waals surface area contributed by atoms with Crippen molar-refractivity contribution >= 4 is 23.3 Å². The average Bonchev–Trinajstić information content (AvgIpc) is 2.55. The maximum Gasteiger partial charge on any atom is 0.340 e. The number of para-hydroxylation sites is 1. The van der Waals surface area contributed by atoms with Gasteiger partial charge >= 0.3 is 11.9 Å². The second-order valence-corrected chi connectivity index (χ2v) is 4.70. The highest BCUT2D eigenvalue weighted by Crippen LogP contribution is 2.27. The fourth-order valence-corrected chi connectivity index (χ4v) is 2.03. The second-order valence-electron chi connectivity index (χ2n) is 4.70. The van der Waals surface area contributed by atoms with Gasteiger partial charge in [0.25, 0.3) is 0 Å². The molecule has 2 aromatic carbocycles. The molecule has 1 N–H and O–H groups in total. The van der Waals surface area contributed by atoms with Crippen LogP contribution in [0.5, 0.6) is 0 Å². The van der Waals surface area contributed by atoms with Gasteiger partial charge in [-0.3, -0.25) is 0 Å². The average molecular weight is 299 g/mol. The highest BCUT2D eigenvalue weighted by Gasteiger charge is 2.20. The zero-order chi connectivity index (χ0) is 16.1. The van der Waals surface area contributed by atoms with E-state index in [4.69, 9.17) is 9.47 Å². The summed E-state index contributed by atoms with van der Waals surface area (Å²) >= 11 is 0. The van der Waals surface area contributed by atoms with Crippen LogP contribution in [0.3, 0.4) is 0 Å². The van der Waals surface area contributed by atoms with Gasteiger partial charge in [-0.1, -0.05) is 23.8 Å². The van der Waals surface area contributed by atoms with Gasteiger partial charge < -0.3 is 14.8 Å². The standard InChI is InChI=1S/C17H17NO4/c1-11-7-9-12(10-8-11)18-15-13(16(19)21-2)5-4-6-14(15)17(20)22-3/h4-10,18H,1-3H3. The molecule has 2 aromatic rings. The third kappa shape index (κ3) is 3.25. The maximum atomic E-state index is 11.9. The zero-order valence-corrected chi connectivity index (χ0v) is 12.7. The topological polar surface area (TPSA) is 64.6 Å². The van der Waals surface area contributed by atoms with Crippen LogP contribution in [0.15, 0.2) is 42.5 Å². The van der Waals surface area contributed by atoms with Gasteiger partial charge in [0.05, 0.1) is 31.0 Å². The SMILES string of the molecule is COC(=O)c1cccc(C(=O)OC)c1Nc1ccc(C)cc1. The third-order valence-corrected chi connectivity index (χ3v) is 3.20. The molecule has 0 fully saturated rings. The molecule has 2 rings (SSSR count). The quantitative estimate of drug-likeness (QED) is 0.877. The van der Waals surface area contributed by atoms with Gasteiger partial charge in [0.2, 0.25) is 0 Å². The van der Waals surface area contributed by atoms with Gasteiger partial charge in [-0.2, -0.15) is 0 Å². The summed E-state index contributed by atoms with van der Waals surface area (Å²) in [4.78, 5) is 23.9. The molecule has 0 radical (unpaired) electrons. The van der Waals surface area contributed by atoms with Crippen LogP contribution in [-0.2, 0) is 9.47 Å². The Bertz CT molecular complexity index is 658. The van der Waals surface area contributed by atoms with E-state index in [0.29, 0.717) is 5.69 Å². The Morgan fingerprint density at radius 1 is 0.864 bits per heavy atom. The normalized spacial score (nSPS) is 9.95. The van der Waals surface area contributed by atoms with Crippen LogP contribution in [0.25, 0.3) is 0 Å². The Hall–Kier alpha value is -2.82. The van der Waals surface area contributed by atoms with Gasteiger partial charge in [0.1, 0.15) is 0 Å². The first-order chi connectivity index (χ1) is 10.6. The lowest BCUT2D eigenvalue weighted by atomic mass is 10.1. The predicted molar refractivity (Wildman–Crippen MR) is 83.6 cm³/mol. The molecule has 0 amide bonds. The largest absolute Gasteiger partial charge is 0.465 e. The first kappa shape index (κ1) is 15.6. The van der Waals surface area contributed by atoms with Gasteiger partial charge in [-0.25, -0.2) is 9.59 Å². The minimum atomic E-state index is -0.527. The Balaban J connectivity index is 2.51. The van der Waals surface area contributed by atoms with Gasteiger partial charge in [-0.05, 0) is 31.2 Å². The summed E-state index contributed by atoms with van der Waals surface area (Å²) in [5, 5.41) is 3.10. The molecule has 0 aliphatic heterocycles. The van der Waals surface area contributed by atoms with E-state index in [0.717, 1.165) is 11.3 Å². The van der Waals surface area contributed by atoms with E-state index in [2.05, 4.69) is 5.32 Å². The number of aryl methyl sites for hydroxylation is 1. The van der Waals surface area contributed by atoms with Gasteiger partial charge in [-0.15, -0.1) is 0 Å². The minimum Gasteiger partial charge on any atom is -0.465 e. The number of ether oxygens (including phenoxy) is 2. The maximum absolute atomic E-state index is 11.9. The van der Waals surface area contributed by atoms with E-state index < -0.39 is 11.9 Å². The summed E-state index contributed by atoms with van der Waals surface area (Å²) in [7, 11) is 2.59. The summed E-state index contributed by atoms with van der Waals surface area (Å²) < 4.78 is 9.54. The van der Waals surface area contributed by atoms with Gasteiger partial charge in [0.15, 0.2) is 0 Å². The van der Waals surface area contributed by atoms with Crippen molar-refractivity contribution in [3.8, 4) is 0 Å². The van der Waals surface area contributed by atoms with Crippen molar-refractivity contribution < 1.29 is 19.1 Å². The van der Waals surface area contributed by atoms with Crippen LogP contribution >= 0.6 is 0 Å². The molecular formula is C17H17NO4. The number of carbonyl (C=O) groups excluding carboxylic acids is 2. The third-order valence-electron chi connectivity index (χ3n) is 3.20. The Labute approximate surface area is 128 Å². The molecule has 0 atom stereocenters. The number of benzene rings is 2. The monoisotopic (exact) mass is 299 g/mol. The zero-order valence-electron chi connectivity index (χ0n) is 12.7. The van der Waals surface area contributed by atoms with E-state index in [1.165, 1.54) is 14.2 Å². The highest BCUT2D eigenvalue weighted by atomic mass is 16.5. The molecule has 5 heteroatoms. The Morgan fingerprint density at radius 2 is 1.36 bits per heavy atom. The van der Waals surface area contributed by atoms with Crippen molar-refractivity contribution in [1.82, 2.24) is 0 Å². The molecule has 0 aromatic heterocycles. The van der Waals surface area contributed by atoms with Crippen molar-refractivity contribution in [3.63, 3.8) is 0 Å². The fraction of sp³-hybridized carbons (Fsp3) is 0.176. The summed E-state index contributed by atoms with van der Waals surface area (Å²) in [6.07, 6.45) is 0. The summed E-state index contributed by atoms with van der Waals surface area (Å²) in [5.74, 6) is -1.05. The molecule has 0 heterocycles. The molecule has 0 saturated carbocycles. The van der Waals surface area contributed by atoms with E-state index in [9.17, 15) is 9.59 Å². The number of methoxy groups -OCH3 is 2. The molecule has 0 saturated heterocycles. The lowest BCUT2D eigenvalue weighted by molar-refractivity contribution is 0.0601. The molecule has 0 aliphatic carbocycles. The van der Waals surface area contributed by atoms with Crippen LogP contribution in [0, 0.1) is 6.92 Å². The number of anilines is 2. The molecule has 0 spiro atoms. The van der Waals surface area contributed by atoms with E-state index in [1.807, 2.05) is 31.2 Å². The fourth-order valence-electron chi connectivity index (χ4n) is 2.03. The summed E-state index contributed by atoms with van der Waals surface area (Å²) in [5.41, 5.74) is 2.77. The van der Waals surface area contributed by atoms with E-state index in [-0.39, 0.29) is 11.1 Å². The number of hydrogen-bond donors (Lipinski definition) is 1. The molecule has 0 unspecified atom stereocenters. The molecule has 0 aliphatic rings. The first-order valence-corrected chi connectivity index (χ1v) is 6.70. The number of nitrogens with one attached hydrogen (secondary N) is 1. The Kier molecular flexibility index (Phi) is 4.78. The van der Waals surface area contributed by atoms with Crippen LogP contribution in [0.4, 0.5) is 11.4 Å². The first-order valence-electron chi connectivity index (χ1n) is 6.70. The molecule has 22 heavy (non-hydrogen) atoms. The summed E-state index contributed by atoms with van der Waals surface area (Å²) in [6.45, 7) is 1.98. The number of rotatable bonds is 4.